The molecule has 6 nitrogen and oxygen atoms in total. The van der Waals surface area contributed by atoms with Crippen LogP contribution >= 0.6 is 0 Å². The van der Waals surface area contributed by atoms with Gasteiger partial charge in [-0.3, -0.25) is 9.78 Å². The van der Waals surface area contributed by atoms with Crippen molar-refractivity contribution in [1.29, 1.82) is 0 Å². The van der Waals surface area contributed by atoms with Crippen LogP contribution in [0.3, 0.4) is 0 Å². The summed E-state index contributed by atoms with van der Waals surface area (Å²) in [7, 11) is 1.60. The van der Waals surface area contributed by atoms with Gasteiger partial charge in [0.2, 0.25) is 5.91 Å². The lowest BCUT2D eigenvalue weighted by Crippen LogP contribution is -2.29. The van der Waals surface area contributed by atoms with Crippen molar-refractivity contribution in [2.75, 3.05) is 25.2 Å². The second-order valence-electron chi connectivity index (χ2n) is 6.98. The Hall–Kier alpha value is -3.54. The van der Waals surface area contributed by atoms with Crippen LogP contribution in [0.25, 0.3) is 0 Å². The van der Waals surface area contributed by atoms with Crippen molar-refractivity contribution in [2.24, 2.45) is 0 Å². The molecular weight excluding hydrogens is 368 g/mol. The van der Waals surface area contributed by atoms with Crippen LogP contribution in [0.2, 0.25) is 0 Å². The van der Waals surface area contributed by atoms with E-state index in [0.29, 0.717) is 37.0 Å². The maximum Gasteiger partial charge on any atom is 0.239 e. The number of anilines is 1. The molecule has 2 aromatic carbocycles. The molecule has 0 saturated carbocycles. The van der Waals surface area contributed by atoms with E-state index in [9.17, 15) is 4.79 Å². The number of fused-ring (bicyclic) bond motifs is 2. The number of amides is 1. The van der Waals surface area contributed by atoms with E-state index in [0.717, 1.165) is 22.5 Å². The molecule has 5 rings (SSSR count). The Morgan fingerprint density at radius 2 is 1.79 bits per heavy atom. The molecule has 3 heterocycles. The first kappa shape index (κ1) is 17.6. The van der Waals surface area contributed by atoms with Crippen LogP contribution < -0.4 is 19.1 Å². The number of carbonyl (C=O) groups excluding carboxylic acids is 1. The summed E-state index contributed by atoms with van der Waals surface area (Å²) < 4.78 is 17.0. The van der Waals surface area contributed by atoms with E-state index in [2.05, 4.69) is 4.98 Å². The zero-order chi connectivity index (χ0) is 19.8. The number of methoxy groups -OCH3 is 1. The lowest BCUT2D eigenvalue weighted by molar-refractivity contribution is -0.118. The SMILES string of the molecule is COc1cc2c(cc1C1C(=O)N(Cc3ccccn3)c3ccccc31)OCCO2. The van der Waals surface area contributed by atoms with Crippen LogP contribution in [0, 0.1) is 0 Å². The van der Waals surface area contributed by atoms with Gasteiger partial charge in [-0.05, 0) is 29.8 Å². The highest BCUT2D eigenvalue weighted by Crippen LogP contribution is 2.47. The monoisotopic (exact) mass is 388 g/mol. The van der Waals surface area contributed by atoms with Gasteiger partial charge in [0.15, 0.2) is 11.5 Å². The first-order valence-corrected chi connectivity index (χ1v) is 9.54. The van der Waals surface area contributed by atoms with Gasteiger partial charge in [0, 0.05) is 23.5 Å². The summed E-state index contributed by atoms with van der Waals surface area (Å²) in [4.78, 5) is 19.7. The summed E-state index contributed by atoms with van der Waals surface area (Å²) in [5.74, 6) is 1.41. The van der Waals surface area contributed by atoms with Gasteiger partial charge in [0.05, 0.1) is 25.3 Å². The molecule has 6 heteroatoms. The van der Waals surface area contributed by atoms with Crippen LogP contribution in [-0.2, 0) is 11.3 Å². The molecule has 0 radical (unpaired) electrons. The fourth-order valence-electron chi connectivity index (χ4n) is 3.99. The maximum absolute atomic E-state index is 13.6. The zero-order valence-corrected chi connectivity index (χ0v) is 16.0. The Morgan fingerprint density at radius 1 is 1.03 bits per heavy atom. The number of ether oxygens (including phenoxy) is 3. The van der Waals surface area contributed by atoms with E-state index >= 15 is 0 Å². The minimum atomic E-state index is -0.472. The van der Waals surface area contributed by atoms with E-state index in [1.165, 1.54) is 0 Å². The molecule has 29 heavy (non-hydrogen) atoms. The van der Waals surface area contributed by atoms with Crippen molar-refractivity contribution in [3.05, 3.63) is 77.6 Å². The van der Waals surface area contributed by atoms with Gasteiger partial charge in [-0.1, -0.05) is 24.3 Å². The molecule has 1 atom stereocenters. The molecule has 0 fully saturated rings. The summed E-state index contributed by atoms with van der Waals surface area (Å²) in [6.07, 6.45) is 1.74. The van der Waals surface area contributed by atoms with Crippen molar-refractivity contribution in [1.82, 2.24) is 4.98 Å². The van der Waals surface area contributed by atoms with Crippen LogP contribution in [-0.4, -0.2) is 31.2 Å². The second-order valence-corrected chi connectivity index (χ2v) is 6.98. The first-order chi connectivity index (χ1) is 14.3. The second kappa shape index (κ2) is 7.13. The van der Waals surface area contributed by atoms with Crippen molar-refractivity contribution < 1.29 is 19.0 Å². The first-order valence-electron chi connectivity index (χ1n) is 9.54. The number of hydrogen-bond acceptors (Lipinski definition) is 5. The fourth-order valence-corrected chi connectivity index (χ4v) is 3.99. The van der Waals surface area contributed by atoms with Crippen molar-refractivity contribution in [3.63, 3.8) is 0 Å². The quantitative estimate of drug-likeness (QED) is 0.684. The molecule has 0 saturated heterocycles. The fraction of sp³-hybridized carbons (Fsp3) is 0.217. The Labute approximate surface area is 168 Å². The Kier molecular flexibility index (Phi) is 4.31. The predicted molar refractivity (Wildman–Crippen MR) is 108 cm³/mol. The number of nitrogens with zero attached hydrogens (tertiary/aromatic N) is 2. The molecule has 1 amide bonds. The van der Waals surface area contributed by atoms with Crippen molar-refractivity contribution in [2.45, 2.75) is 12.5 Å². The zero-order valence-electron chi connectivity index (χ0n) is 16.0. The molecule has 0 spiro atoms. The van der Waals surface area contributed by atoms with E-state index in [-0.39, 0.29) is 5.91 Å². The van der Waals surface area contributed by atoms with Crippen LogP contribution in [0.15, 0.2) is 60.8 Å². The summed E-state index contributed by atoms with van der Waals surface area (Å²) in [5, 5.41) is 0. The molecule has 2 aliphatic rings. The molecule has 2 aliphatic heterocycles. The number of para-hydroxylation sites is 1. The number of hydrogen-bond donors (Lipinski definition) is 0. The lowest BCUT2D eigenvalue weighted by atomic mass is 9.91. The molecule has 3 aromatic rings. The van der Waals surface area contributed by atoms with Gasteiger partial charge >= 0.3 is 0 Å². The van der Waals surface area contributed by atoms with Gasteiger partial charge in [-0.25, -0.2) is 0 Å². The summed E-state index contributed by atoms with van der Waals surface area (Å²) in [6.45, 7) is 1.40. The lowest BCUT2D eigenvalue weighted by Gasteiger charge is -2.23. The van der Waals surface area contributed by atoms with Crippen molar-refractivity contribution >= 4 is 11.6 Å². The highest BCUT2D eigenvalue weighted by Gasteiger charge is 2.40. The van der Waals surface area contributed by atoms with Crippen LogP contribution in [0.4, 0.5) is 5.69 Å². The van der Waals surface area contributed by atoms with Crippen LogP contribution in [0.1, 0.15) is 22.7 Å². The van der Waals surface area contributed by atoms with Gasteiger partial charge in [-0.15, -0.1) is 0 Å². The molecule has 1 unspecified atom stereocenters. The normalized spacial score (nSPS) is 17.2. The molecule has 0 N–H and O–H groups in total. The third kappa shape index (κ3) is 2.97. The Balaban J connectivity index is 1.60. The number of aromatic nitrogens is 1. The number of pyridine rings is 1. The van der Waals surface area contributed by atoms with E-state index < -0.39 is 5.92 Å². The Morgan fingerprint density at radius 3 is 2.55 bits per heavy atom. The van der Waals surface area contributed by atoms with E-state index in [1.54, 1.807) is 24.3 Å². The predicted octanol–water partition coefficient (Wildman–Crippen LogP) is 3.54. The van der Waals surface area contributed by atoms with E-state index in [4.69, 9.17) is 14.2 Å². The molecule has 146 valence electrons. The third-order valence-corrected chi connectivity index (χ3v) is 5.30. The number of carbonyl (C=O) groups is 1. The minimum absolute atomic E-state index is 0.00756. The van der Waals surface area contributed by atoms with Gasteiger partial charge in [-0.2, -0.15) is 0 Å². The number of benzene rings is 2. The van der Waals surface area contributed by atoms with Gasteiger partial charge < -0.3 is 19.1 Å². The largest absolute Gasteiger partial charge is 0.496 e. The average molecular weight is 388 g/mol. The number of rotatable bonds is 4. The molecule has 0 bridgehead atoms. The smallest absolute Gasteiger partial charge is 0.239 e. The maximum atomic E-state index is 13.6. The standard InChI is InChI=1S/C23H20N2O4/c1-27-19-13-21-20(28-10-11-29-21)12-17(19)22-16-7-2-3-8-18(16)25(23(22)26)14-15-6-4-5-9-24-15/h2-9,12-13,22H,10-11,14H2,1H3. The molecule has 1 aromatic heterocycles. The van der Waals surface area contributed by atoms with Gasteiger partial charge in [0.1, 0.15) is 19.0 Å². The van der Waals surface area contributed by atoms with Gasteiger partial charge in [0.25, 0.3) is 0 Å². The summed E-state index contributed by atoms with van der Waals surface area (Å²) >= 11 is 0. The Bertz CT molecular complexity index is 1070. The van der Waals surface area contributed by atoms with Crippen LogP contribution in [0.5, 0.6) is 17.2 Å². The average Bonchev–Trinajstić information content (AvgIpc) is 3.05. The topological polar surface area (TPSA) is 60.9 Å². The highest BCUT2D eigenvalue weighted by molar-refractivity contribution is 6.07. The van der Waals surface area contributed by atoms with E-state index in [1.807, 2.05) is 48.5 Å². The molecule has 0 aliphatic carbocycles. The van der Waals surface area contributed by atoms with Crippen molar-refractivity contribution in [3.8, 4) is 17.2 Å². The highest BCUT2D eigenvalue weighted by atomic mass is 16.6. The summed E-state index contributed by atoms with van der Waals surface area (Å²) in [6, 6.07) is 17.3. The third-order valence-electron chi connectivity index (χ3n) is 5.30. The molecular formula is C23H20N2O4. The summed E-state index contributed by atoms with van der Waals surface area (Å²) in [5.41, 5.74) is 3.46. The minimum Gasteiger partial charge on any atom is -0.496 e.